The summed E-state index contributed by atoms with van der Waals surface area (Å²) in [5.41, 5.74) is 6.97. The van der Waals surface area contributed by atoms with Crippen LogP contribution in [0.15, 0.2) is 24.3 Å². The summed E-state index contributed by atoms with van der Waals surface area (Å²) in [6.45, 7) is 1.85. The van der Waals surface area contributed by atoms with Crippen molar-refractivity contribution in [1.82, 2.24) is 4.31 Å². The number of ether oxygens (including phenoxy) is 2. The number of nitrogens with zero attached hydrogens (tertiary/aromatic N) is 1. The molecule has 0 atom stereocenters. The van der Waals surface area contributed by atoms with Crippen molar-refractivity contribution >= 4 is 15.7 Å². The molecule has 2 fully saturated rings. The van der Waals surface area contributed by atoms with Crippen molar-refractivity contribution in [1.29, 1.82) is 0 Å². The summed E-state index contributed by atoms with van der Waals surface area (Å²) in [5, 5.41) is 0. The quantitative estimate of drug-likeness (QED) is 0.840. The first-order chi connectivity index (χ1) is 9.99. The largest absolute Gasteiger partial charge is 0.399 e. The van der Waals surface area contributed by atoms with Gasteiger partial charge in [0.2, 0.25) is 10.0 Å². The normalized spacial score (nSPS) is 22.7. The summed E-state index contributed by atoms with van der Waals surface area (Å²) in [7, 11) is -3.40. The van der Waals surface area contributed by atoms with E-state index in [0.29, 0.717) is 31.0 Å². The van der Waals surface area contributed by atoms with Gasteiger partial charge in [-0.25, -0.2) is 8.42 Å². The Bertz CT molecular complexity index is 611. The zero-order chi connectivity index (χ0) is 14.9. The van der Waals surface area contributed by atoms with E-state index >= 15 is 0 Å². The molecule has 0 bridgehead atoms. The maximum Gasteiger partial charge on any atom is 0.218 e. The number of nitrogen functional groups attached to an aromatic ring is 1. The molecule has 0 aromatic heterocycles. The highest BCUT2D eigenvalue weighted by Crippen LogP contribution is 2.31. The van der Waals surface area contributed by atoms with Crippen molar-refractivity contribution in [2.75, 3.05) is 32.0 Å². The van der Waals surface area contributed by atoms with E-state index in [1.165, 1.54) is 4.31 Å². The maximum atomic E-state index is 12.6. The summed E-state index contributed by atoms with van der Waals surface area (Å²) in [6, 6.07) is 6.98. The Labute approximate surface area is 124 Å². The van der Waals surface area contributed by atoms with Gasteiger partial charge in [-0.15, -0.1) is 0 Å². The predicted molar refractivity (Wildman–Crippen MR) is 78.9 cm³/mol. The van der Waals surface area contributed by atoms with Gasteiger partial charge in [-0.2, -0.15) is 4.31 Å². The fraction of sp³-hybridized carbons (Fsp3) is 0.571. The van der Waals surface area contributed by atoms with E-state index in [4.69, 9.17) is 15.2 Å². The van der Waals surface area contributed by atoms with Crippen molar-refractivity contribution in [2.45, 2.75) is 24.4 Å². The average Bonchev–Trinajstić information content (AvgIpc) is 2.86. The standard InChI is InChI=1S/C14H20N2O4S/c15-13-4-1-3-12(9-13)10-21(17,18)16-6-2-5-14(11-16)19-7-8-20-14/h1,3-4,9H,2,5-8,10-11,15H2. The van der Waals surface area contributed by atoms with Crippen LogP contribution in [0.5, 0.6) is 0 Å². The van der Waals surface area contributed by atoms with E-state index < -0.39 is 15.8 Å². The lowest BCUT2D eigenvalue weighted by molar-refractivity contribution is -0.179. The van der Waals surface area contributed by atoms with Crippen molar-refractivity contribution in [3.05, 3.63) is 29.8 Å². The van der Waals surface area contributed by atoms with Crippen molar-refractivity contribution in [3.63, 3.8) is 0 Å². The van der Waals surface area contributed by atoms with Crippen LogP contribution in [0.25, 0.3) is 0 Å². The molecule has 1 spiro atoms. The first-order valence-electron chi connectivity index (χ1n) is 7.09. The minimum Gasteiger partial charge on any atom is -0.399 e. The molecule has 2 N–H and O–H groups in total. The molecular formula is C14H20N2O4S. The van der Waals surface area contributed by atoms with Crippen LogP contribution in [0, 0.1) is 0 Å². The third-order valence-corrected chi connectivity index (χ3v) is 5.69. The van der Waals surface area contributed by atoms with Crippen molar-refractivity contribution in [2.24, 2.45) is 0 Å². The third kappa shape index (κ3) is 3.21. The van der Waals surface area contributed by atoms with Gasteiger partial charge >= 0.3 is 0 Å². The van der Waals surface area contributed by atoms with Gasteiger partial charge in [0.25, 0.3) is 0 Å². The molecule has 6 nitrogen and oxygen atoms in total. The van der Waals surface area contributed by atoms with Gasteiger partial charge in [-0.3, -0.25) is 0 Å². The molecule has 21 heavy (non-hydrogen) atoms. The second-order valence-electron chi connectivity index (χ2n) is 5.55. The first kappa shape index (κ1) is 14.8. The van der Waals surface area contributed by atoms with Gasteiger partial charge in [0.1, 0.15) is 0 Å². The highest BCUT2D eigenvalue weighted by molar-refractivity contribution is 7.88. The monoisotopic (exact) mass is 312 g/mol. The average molecular weight is 312 g/mol. The lowest BCUT2D eigenvalue weighted by Crippen LogP contribution is -2.51. The van der Waals surface area contributed by atoms with Crippen LogP contribution < -0.4 is 5.73 Å². The summed E-state index contributed by atoms with van der Waals surface area (Å²) in [5.74, 6) is -0.783. The number of sulfonamides is 1. The SMILES string of the molecule is Nc1cccc(CS(=O)(=O)N2CCCC3(C2)OCCO3)c1. The zero-order valence-corrected chi connectivity index (χ0v) is 12.6. The van der Waals surface area contributed by atoms with E-state index in [0.717, 1.165) is 12.8 Å². The molecule has 2 aliphatic heterocycles. The van der Waals surface area contributed by atoms with Crippen LogP contribution in [-0.4, -0.2) is 44.8 Å². The van der Waals surface area contributed by atoms with Gasteiger partial charge in [0, 0.05) is 18.7 Å². The van der Waals surface area contributed by atoms with Gasteiger partial charge in [-0.1, -0.05) is 12.1 Å². The Morgan fingerprint density at radius 1 is 1.29 bits per heavy atom. The predicted octanol–water partition coefficient (Wildman–Crippen LogP) is 0.937. The molecule has 2 saturated heterocycles. The second kappa shape index (κ2) is 5.57. The van der Waals surface area contributed by atoms with Gasteiger partial charge in [-0.05, 0) is 24.1 Å². The van der Waals surface area contributed by atoms with Crippen molar-refractivity contribution < 1.29 is 17.9 Å². The highest BCUT2D eigenvalue weighted by Gasteiger charge is 2.43. The van der Waals surface area contributed by atoms with Crippen LogP contribution in [0.1, 0.15) is 18.4 Å². The van der Waals surface area contributed by atoms with Crippen LogP contribution in [0.3, 0.4) is 0 Å². The van der Waals surface area contributed by atoms with E-state index in [1.807, 2.05) is 0 Å². The van der Waals surface area contributed by atoms with Gasteiger partial charge in [0.05, 0.1) is 25.5 Å². The fourth-order valence-corrected chi connectivity index (χ4v) is 4.49. The Hall–Kier alpha value is -1.15. The molecule has 2 aliphatic rings. The molecule has 2 heterocycles. The highest BCUT2D eigenvalue weighted by atomic mass is 32.2. The number of nitrogens with two attached hydrogens (primary N) is 1. The number of benzene rings is 1. The number of hydrogen-bond acceptors (Lipinski definition) is 5. The molecule has 1 aromatic carbocycles. The smallest absolute Gasteiger partial charge is 0.218 e. The molecule has 0 unspecified atom stereocenters. The van der Waals surface area contributed by atoms with E-state index in [1.54, 1.807) is 24.3 Å². The van der Waals surface area contributed by atoms with Crippen LogP contribution >= 0.6 is 0 Å². The summed E-state index contributed by atoms with van der Waals surface area (Å²) in [4.78, 5) is 0. The Kier molecular flexibility index (Phi) is 3.92. The van der Waals surface area contributed by atoms with E-state index in [9.17, 15) is 8.42 Å². The second-order valence-corrected chi connectivity index (χ2v) is 7.51. The van der Waals surface area contributed by atoms with Gasteiger partial charge in [0.15, 0.2) is 5.79 Å². The van der Waals surface area contributed by atoms with Gasteiger partial charge < -0.3 is 15.2 Å². The van der Waals surface area contributed by atoms with E-state index in [2.05, 4.69) is 0 Å². The molecule has 0 saturated carbocycles. The summed E-state index contributed by atoms with van der Waals surface area (Å²) < 4.78 is 37.9. The Morgan fingerprint density at radius 2 is 2.05 bits per heavy atom. The fourth-order valence-electron chi connectivity index (χ4n) is 2.91. The third-order valence-electron chi connectivity index (χ3n) is 3.89. The van der Waals surface area contributed by atoms with Crippen molar-refractivity contribution in [3.8, 4) is 0 Å². The lowest BCUT2D eigenvalue weighted by Gasteiger charge is -2.37. The van der Waals surface area contributed by atoms with Crippen LogP contribution in [-0.2, 0) is 25.2 Å². The first-order valence-corrected chi connectivity index (χ1v) is 8.70. The molecule has 116 valence electrons. The molecule has 7 heteroatoms. The molecule has 0 aliphatic carbocycles. The van der Waals surface area contributed by atoms with Crippen LogP contribution in [0.2, 0.25) is 0 Å². The molecular weight excluding hydrogens is 292 g/mol. The Morgan fingerprint density at radius 3 is 2.76 bits per heavy atom. The maximum absolute atomic E-state index is 12.6. The topological polar surface area (TPSA) is 81.9 Å². The van der Waals surface area contributed by atoms with E-state index in [-0.39, 0.29) is 12.3 Å². The Balaban J connectivity index is 1.75. The molecule has 1 aromatic rings. The molecule has 3 rings (SSSR count). The number of hydrogen-bond donors (Lipinski definition) is 1. The molecule has 0 amide bonds. The number of rotatable bonds is 3. The summed E-state index contributed by atoms with van der Waals surface area (Å²) in [6.07, 6.45) is 1.49. The van der Waals surface area contributed by atoms with Crippen LogP contribution in [0.4, 0.5) is 5.69 Å². The minimum atomic E-state index is -3.40. The number of anilines is 1. The minimum absolute atomic E-state index is 0.0475. The zero-order valence-electron chi connectivity index (χ0n) is 11.8. The lowest BCUT2D eigenvalue weighted by atomic mass is 10.1. The number of piperidine rings is 1. The molecule has 0 radical (unpaired) electrons. The summed E-state index contributed by atoms with van der Waals surface area (Å²) >= 11 is 0.